The number of nitrogens with one attached hydrogen (secondary N) is 1. The van der Waals surface area contributed by atoms with Crippen molar-refractivity contribution in [3.05, 3.63) is 47.7 Å². The molecule has 2 aromatic rings. The quantitative estimate of drug-likeness (QED) is 0.727. The van der Waals surface area contributed by atoms with E-state index in [9.17, 15) is 4.79 Å². The van der Waals surface area contributed by atoms with E-state index in [1.54, 1.807) is 6.20 Å². The van der Waals surface area contributed by atoms with Gasteiger partial charge in [0.15, 0.2) is 0 Å². The number of benzene rings is 1. The van der Waals surface area contributed by atoms with E-state index in [1.807, 2.05) is 30.9 Å². The van der Waals surface area contributed by atoms with E-state index in [0.29, 0.717) is 38.0 Å². The Morgan fingerprint density at radius 3 is 2.85 bits per heavy atom. The van der Waals surface area contributed by atoms with Crippen molar-refractivity contribution in [3.63, 3.8) is 0 Å². The average Bonchev–Trinajstić information content (AvgIpc) is 3.16. The van der Waals surface area contributed by atoms with Gasteiger partial charge in [0, 0.05) is 25.7 Å². The van der Waals surface area contributed by atoms with E-state index in [0.717, 1.165) is 35.8 Å². The highest BCUT2D eigenvalue weighted by Crippen LogP contribution is 2.40. The van der Waals surface area contributed by atoms with Crippen molar-refractivity contribution in [2.45, 2.75) is 64.4 Å². The van der Waals surface area contributed by atoms with Gasteiger partial charge in [-0.1, -0.05) is 19.1 Å². The topological polar surface area (TPSA) is 72.9 Å². The predicted octanol–water partition coefficient (Wildman–Crippen LogP) is 4.64. The Balaban J connectivity index is 0.00000274. The summed E-state index contributed by atoms with van der Waals surface area (Å²) >= 11 is 0. The molecular formula is C26H35N3O4. The van der Waals surface area contributed by atoms with Gasteiger partial charge in [0.2, 0.25) is 0 Å². The van der Waals surface area contributed by atoms with Crippen molar-refractivity contribution in [1.82, 2.24) is 4.98 Å². The number of nitrogens with zero attached hydrogens (tertiary/aromatic N) is 2. The van der Waals surface area contributed by atoms with Crippen LogP contribution in [0.1, 0.15) is 52.1 Å². The van der Waals surface area contributed by atoms with Gasteiger partial charge in [-0.3, -0.25) is 4.79 Å². The smallest absolute Gasteiger partial charge is 0.256 e. The highest BCUT2D eigenvalue weighted by atomic mass is 16.5. The molecule has 3 aliphatic heterocycles. The maximum atomic E-state index is 13.8. The van der Waals surface area contributed by atoms with Crippen molar-refractivity contribution in [2.24, 2.45) is 5.92 Å². The molecule has 5 rings (SSSR count). The zero-order valence-corrected chi connectivity index (χ0v) is 19.6. The van der Waals surface area contributed by atoms with Gasteiger partial charge < -0.3 is 24.4 Å². The van der Waals surface area contributed by atoms with Gasteiger partial charge in [-0.2, -0.15) is 0 Å². The number of hydrogen-bond donors (Lipinski definition) is 1. The first-order valence-electron chi connectivity index (χ1n) is 12.0. The number of hydrogen-bond acceptors (Lipinski definition) is 6. The lowest BCUT2D eigenvalue weighted by Gasteiger charge is -2.33. The van der Waals surface area contributed by atoms with Crippen molar-refractivity contribution < 1.29 is 20.4 Å². The summed E-state index contributed by atoms with van der Waals surface area (Å²) in [5, 5.41) is 3.45. The standard InChI is InChI=1S/C26H33N3O4.H2/c1-16(2)33-20-7-9-24(32-14-20)26(30)29-12-19-5-4-10-27-25(19)28-22-8-6-18(11-23(22)29)21-15-31-13-17(21)3;/h4-6,8,10-11,16-17,20-21,24H,7,9,12-15H2,1-3H3,(H,27,28);1H/t17?,20-,21?,24+;/m0./s1. The molecule has 0 bridgehead atoms. The molecule has 2 unspecified atom stereocenters. The molecule has 7 nitrogen and oxygen atoms in total. The molecule has 7 heteroatoms. The molecule has 178 valence electrons. The van der Waals surface area contributed by atoms with E-state index in [2.05, 4.69) is 35.4 Å². The van der Waals surface area contributed by atoms with Crippen LogP contribution < -0.4 is 10.2 Å². The molecule has 3 aliphatic rings. The Morgan fingerprint density at radius 2 is 2.12 bits per heavy atom. The lowest BCUT2D eigenvalue weighted by atomic mass is 9.89. The van der Waals surface area contributed by atoms with Crippen molar-refractivity contribution >= 4 is 23.1 Å². The summed E-state index contributed by atoms with van der Waals surface area (Å²) in [7, 11) is 0. The Morgan fingerprint density at radius 1 is 1.24 bits per heavy atom. The van der Waals surface area contributed by atoms with E-state index in [1.165, 1.54) is 5.56 Å². The summed E-state index contributed by atoms with van der Waals surface area (Å²) in [5.41, 5.74) is 3.94. The normalized spacial score (nSPS) is 27.0. The molecule has 1 N–H and O–H groups in total. The summed E-state index contributed by atoms with van der Waals surface area (Å²) in [4.78, 5) is 20.2. The Hall–Kier alpha value is -2.48. The molecule has 33 heavy (non-hydrogen) atoms. The van der Waals surface area contributed by atoms with Crippen molar-refractivity contribution in [1.29, 1.82) is 0 Å². The second-order valence-electron chi connectivity index (χ2n) is 9.66. The van der Waals surface area contributed by atoms with Gasteiger partial charge in [0.25, 0.3) is 5.91 Å². The fraction of sp³-hybridized carbons (Fsp3) is 0.538. The first kappa shape index (κ1) is 22.3. The minimum absolute atomic E-state index is 0. The number of pyridine rings is 1. The first-order valence-corrected chi connectivity index (χ1v) is 12.0. The van der Waals surface area contributed by atoms with Gasteiger partial charge >= 0.3 is 0 Å². The third kappa shape index (κ3) is 4.63. The number of rotatable bonds is 4. The van der Waals surface area contributed by atoms with Crippen LogP contribution in [0.4, 0.5) is 17.2 Å². The Bertz CT molecular complexity index is 1010. The number of fused-ring (bicyclic) bond motifs is 2. The van der Waals surface area contributed by atoms with Crippen LogP contribution in [0.25, 0.3) is 0 Å². The zero-order chi connectivity index (χ0) is 22.9. The maximum Gasteiger partial charge on any atom is 0.256 e. The number of aromatic nitrogens is 1. The zero-order valence-electron chi connectivity index (χ0n) is 19.6. The van der Waals surface area contributed by atoms with Gasteiger partial charge in [0.1, 0.15) is 11.9 Å². The molecule has 0 aliphatic carbocycles. The Labute approximate surface area is 196 Å². The highest BCUT2D eigenvalue weighted by molar-refractivity contribution is 6.01. The van der Waals surface area contributed by atoms with Crippen LogP contribution in [0.5, 0.6) is 0 Å². The summed E-state index contributed by atoms with van der Waals surface area (Å²) in [5.74, 6) is 1.56. The summed E-state index contributed by atoms with van der Waals surface area (Å²) in [6.07, 6.45) is 2.98. The number of carbonyl (C=O) groups excluding carboxylic acids is 1. The molecule has 1 aromatic heterocycles. The van der Waals surface area contributed by atoms with Crippen LogP contribution in [0.3, 0.4) is 0 Å². The molecule has 2 saturated heterocycles. The number of carbonyl (C=O) groups is 1. The molecule has 4 atom stereocenters. The molecule has 4 heterocycles. The van der Waals surface area contributed by atoms with E-state index < -0.39 is 6.10 Å². The minimum atomic E-state index is -0.472. The molecule has 0 saturated carbocycles. The fourth-order valence-electron chi connectivity index (χ4n) is 5.04. The van der Waals surface area contributed by atoms with Crippen LogP contribution in [0, 0.1) is 5.92 Å². The number of ether oxygens (including phenoxy) is 3. The van der Waals surface area contributed by atoms with Crippen molar-refractivity contribution in [2.75, 3.05) is 30.0 Å². The largest absolute Gasteiger partial charge is 0.381 e. The lowest BCUT2D eigenvalue weighted by Crippen LogP contribution is -2.44. The van der Waals surface area contributed by atoms with Gasteiger partial charge in [-0.25, -0.2) is 4.98 Å². The van der Waals surface area contributed by atoms with Crippen LogP contribution in [-0.4, -0.2) is 49.0 Å². The minimum Gasteiger partial charge on any atom is -0.381 e. The predicted molar refractivity (Wildman–Crippen MR) is 129 cm³/mol. The molecule has 1 amide bonds. The second-order valence-corrected chi connectivity index (χ2v) is 9.66. The molecule has 0 radical (unpaired) electrons. The molecule has 0 spiro atoms. The van der Waals surface area contributed by atoms with Crippen molar-refractivity contribution in [3.8, 4) is 0 Å². The van der Waals surface area contributed by atoms with E-state index in [-0.39, 0.29) is 19.5 Å². The van der Waals surface area contributed by atoms with Crippen LogP contribution in [-0.2, 0) is 25.5 Å². The first-order chi connectivity index (χ1) is 16.0. The molecule has 1 aromatic carbocycles. The highest BCUT2D eigenvalue weighted by Gasteiger charge is 2.35. The maximum absolute atomic E-state index is 13.8. The fourth-order valence-corrected chi connectivity index (χ4v) is 5.04. The van der Waals surface area contributed by atoms with Crippen LogP contribution in [0.2, 0.25) is 0 Å². The van der Waals surface area contributed by atoms with Gasteiger partial charge in [0.05, 0.1) is 43.3 Å². The average molecular weight is 454 g/mol. The molecule has 2 fully saturated rings. The second kappa shape index (κ2) is 9.41. The SMILES string of the molecule is CC(C)O[C@H]1CC[C@H](C(=O)N2Cc3cccnc3Nc3ccc(C4COCC4C)cc32)OC1.[HH]. The van der Waals surface area contributed by atoms with Crippen LogP contribution in [0.15, 0.2) is 36.5 Å². The Kier molecular flexibility index (Phi) is 6.36. The van der Waals surface area contributed by atoms with Gasteiger partial charge in [-0.15, -0.1) is 0 Å². The lowest BCUT2D eigenvalue weighted by molar-refractivity contribution is -0.143. The summed E-state index contributed by atoms with van der Waals surface area (Å²) < 4.78 is 17.6. The number of anilines is 3. The van der Waals surface area contributed by atoms with E-state index in [4.69, 9.17) is 14.2 Å². The monoisotopic (exact) mass is 453 g/mol. The third-order valence-electron chi connectivity index (χ3n) is 6.82. The summed E-state index contributed by atoms with van der Waals surface area (Å²) in [6.45, 7) is 8.65. The number of amides is 1. The van der Waals surface area contributed by atoms with Crippen LogP contribution >= 0.6 is 0 Å². The van der Waals surface area contributed by atoms with E-state index >= 15 is 0 Å². The summed E-state index contributed by atoms with van der Waals surface area (Å²) in [6, 6.07) is 10.3. The van der Waals surface area contributed by atoms with Gasteiger partial charge in [-0.05, 0) is 56.4 Å². The third-order valence-corrected chi connectivity index (χ3v) is 6.82. The molecular weight excluding hydrogens is 418 g/mol.